The van der Waals surface area contributed by atoms with E-state index in [4.69, 9.17) is 0 Å². The van der Waals surface area contributed by atoms with Crippen LogP contribution in [0.3, 0.4) is 0 Å². The number of aliphatic hydroxyl groups excluding tert-OH is 3. The smallest absolute Gasteiger partial charge is 0.0581 e. The molecule has 0 spiro atoms. The Labute approximate surface area is 146 Å². The average molecular weight is 337 g/mol. The van der Waals surface area contributed by atoms with Gasteiger partial charge >= 0.3 is 0 Å². The van der Waals surface area contributed by atoms with Crippen molar-refractivity contribution in [3.63, 3.8) is 0 Å². The van der Waals surface area contributed by atoms with E-state index >= 15 is 0 Å². The van der Waals surface area contributed by atoms with Gasteiger partial charge in [-0.3, -0.25) is 0 Å². The van der Waals surface area contributed by atoms with Crippen LogP contribution in [-0.4, -0.2) is 34.1 Å². The molecule has 3 nitrogen and oxygen atoms in total. The van der Waals surface area contributed by atoms with Gasteiger partial charge in [-0.25, -0.2) is 0 Å². The van der Waals surface area contributed by atoms with E-state index in [0.29, 0.717) is 23.7 Å². The molecule has 4 fully saturated rings. The zero-order valence-corrected chi connectivity index (χ0v) is 15.5. The fourth-order valence-electron chi connectivity index (χ4n) is 8.09. The molecule has 3 heteroatoms. The van der Waals surface area contributed by atoms with Gasteiger partial charge in [-0.1, -0.05) is 13.8 Å². The average Bonchev–Trinajstić information content (AvgIpc) is 2.84. The molecule has 138 valence electrons. The lowest BCUT2D eigenvalue weighted by Gasteiger charge is -2.62. The van der Waals surface area contributed by atoms with Crippen LogP contribution in [0.2, 0.25) is 0 Å². The van der Waals surface area contributed by atoms with Crippen molar-refractivity contribution in [3.8, 4) is 0 Å². The molecule has 0 aromatic heterocycles. The fourth-order valence-corrected chi connectivity index (χ4v) is 8.09. The lowest BCUT2D eigenvalue weighted by Crippen LogP contribution is -2.59. The Morgan fingerprint density at radius 1 is 0.958 bits per heavy atom. The van der Waals surface area contributed by atoms with E-state index < -0.39 is 0 Å². The van der Waals surface area contributed by atoms with Gasteiger partial charge in [0.25, 0.3) is 0 Å². The van der Waals surface area contributed by atoms with Crippen LogP contribution in [-0.2, 0) is 0 Å². The van der Waals surface area contributed by atoms with Gasteiger partial charge in [0.05, 0.1) is 12.2 Å². The van der Waals surface area contributed by atoms with E-state index in [9.17, 15) is 15.3 Å². The Balaban J connectivity index is 1.63. The maximum atomic E-state index is 11.2. The van der Waals surface area contributed by atoms with Crippen LogP contribution in [0.25, 0.3) is 0 Å². The monoisotopic (exact) mass is 336 g/mol. The Kier molecular flexibility index (Phi) is 4.29. The Hall–Kier alpha value is -0.120. The van der Waals surface area contributed by atoms with E-state index in [1.807, 2.05) is 0 Å². The number of rotatable bonds is 2. The van der Waals surface area contributed by atoms with E-state index in [1.54, 1.807) is 0 Å². The Bertz CT molecular complexity index is 480. The van der Waals surface area contributed by atoms with Crippen molar-refractivity contribution < 1.29 is 15.3 Å². The molecule has 0 amide bonds. The summed E-state index contributed by atoms with van der Waals surface area (Å²) in [6.07, 6.45) is 9.45. The van der Waals surface area contributed by atoms with Gasteiger partial charge in [0.1, 0.15) is 0 Å². The van der Waals surface area contributed by atoms with Crippen molar-refractivity contribution in [3.05, 3.63) is 0 Å². The minimum atomic E-state index is -0.196. The highest BCUT2D eigenvalue weighted by Crippen LogP contribution is 2.67. The molecule has 0 heterocycles. The topological polar surface area (TPSA) is 60.7 Å². The molecule has 0 saturated heterocycles. The van der Waals surface area contributed by atoms with Gasteiger partial charge < -0.3 is 15.3 Å². The second-order valence-corrected chi connectivity index (χ2v) is 10.1. The van der Waals surface area contributed by atoms with Crippen molar-refractivity contribution in [2.24, 2.45) is 40.4 Å². The largest absolute Gasteiger partial charge is 0.396 e. The zero-order chi connectivity index (χ0) is 17.1. The van der Waals surface area contributed by atoms with Crippen molar-refractivity contribution in [2.75, 3.05) is 6.61 Å². The molecule has 4 saturated carbocycles. The minimum Gasteiger partial charge on any atom is -0.396 e. The molecule has 0 aromatic carbocycles. The molecule has 9 atom stereocenters. The van der Waals surface area contributed by atoms with Gasteiger partial charge in [0, 0.05) is 6.61 Å². The van der Waals surface area contributed by atoms with Gasteiger partial charge in [0.15, 0.2) is 0 Å². The summed E-state index contributed by atoms with van der Waals surface area (Å²) in [7, 11) is 0. The molecule has 0 aliphatic heterocycles. The van der Waals surface area contributed by atoms with Gasteiger partial charge in [-0.15, -0.1) is 0 Å². The number of hydrogen-bond donors (Lipinski definition) is 3. The fraction of sp³-hybridized carbons (Fsp3) is 1.00. The first-order valence-corrected chi connectivity index (χ1v) is 10.4. The normalized spacial score (nSPS) is 57.1. The second-order valence-electron chi connectivity index (χ2n) is 10.1. The van der Waals surface area contributed by atoms with Gasteiger partial charge in [-0.2, -0.15) is 0 Å². The third kappa shape index (κ3) is 2.34. The van der Waals surface area contributed by atoms with Gasteiger partial charge in [-0.05, 0) is 98.2 Å². The van der Waals surface area contributed by atoms with Crippen LogP contribution in [0.15, 0.2) is 0 Å². The quantitative estimate of drug-likeness (QED) is 0.724. The Morgan fingerprint density at radius 3 is 2.50 bits per heavy atom. The number of hydrogen-bond acceptors (Lipinski definition) is 3. The van der Waals surface area contributed by atoms with Gasteiger partial charge in [0.2, 0.25) is 0 Å². The third-order valence-corrected chi connectivity index (χ3v) is 9.24. The molecule has 4 aliphatic rings. The van der Waals surface area contributed by atoms with E-state index in [0.717, 1.165) is 38.0 Å². The molecular formula is C21H36O3. The van der Waals surface area contributed by atoms with E-state index in [1.165, 1.54) is 25.7 Å². The molecular weight excluding hydrogens is 300 g/mol. The van der Waals surface area contributed by atoms with Crippen LogP contribution in [0, 0.1) is 40.4 Å². The van der Waals surface area contributed by atoms with E-state index in [-0.39, 0.29) is 29.6 Å². The number of fused-ring (bicyclic) bond motifs is 5. The maximum Gasteiger partial charge on any atom is 0.0581 e. The second kappa shape index (κ2) is 5.96. The van der Waals surface area contributed by atoms with Crippen LogP contribution in [0.1, 0.15) is 71.6 Å². The lowest BCUT2D eigenvalue weighted by atomic mass is 9.44. The molecule has 9 unspecified atom stereocenters. The predicted molar refractivity (Wildman–Crippen MR) is 94.3 cm³/mol. The summed E-state index contributed by atoms with van der Waals surface area (Å²) in [5, 5.41) is 30.8. The first-order chi connectivity index (χ1) is 11.4. The van der Waals surface area contributed by atoms with Crippen molar-refractivity contribution in [1.29, 1.82) is 0 Å². The lowest BCUT2D eigenvalue weighted by molar-refractivity contribution is -0.178. The zero-order valence-electron chi connectivity index (χ0n) is 15.5. The van der Waals surface area contributed by atoms with Crippen molar-refractivity contribution in [2.45, 2.75) is 83.8 Å². The first kappa shape index (κ1) is 17.3. The van der Waals surface area contributed by atoms with E-state index in [2.05, 4.69) is 13.8 Å². The number of aliphatic hydroxyl groups is 3. The summed E-state index contributed by atoms with van der Waals surface area (Å²) >= 11 is 0. The van der Waals surface area contributed by atoms with Crippen LogP contribution < -0.4 is 0 Å². The molecule has 4 rings (SSSR count). The molecule has 0 bridgehead atoms. The minimum absolute atomic E-state index is 0.119. The highest BCUT2D eigenvalue weighted by atomic mass is 16.3. The summed E-state index contributed by atoms with van der Waals surface area (Å²) in [5.41, 5.74) is 0.443. The molecule has 0 aromatic rings. The third-order valence-electron chi connectivity index (χ3n) is 9.24. The highest BCUT2D eigenvalue weighted by molar-refractivity contribution is 5.11. The summed E-state index contributed by atoms with van der Waals surface area (Å²) < 4.78 is 0. The van der Waals surface area contributed by atoms with Crippen molar-refractivity contribution in [1.82, 2.24) is 0 Å². The van der Waals surface area contributed by atoms with Crippen LogP contribution >= 0.6 is 0 Å². The predicted octanol–water partition coefficient (Wildman–Crippen LogP) is 3.36. The van der Waals surface area contributed by atoms with Crippen LogP contribution in [0.4, 0.5) is 0 Å². The SMILES string of the molecule is CC12CC(O)C3C(CCC4CC(O)CCC43C)C1CCC2CCO. The summed E-state index contributed by atoms with van der Waals surface area (Å²) in [4.78, 5) is 0. The maximum absolute atomic E-state index is 11.2. The Morgan fingerprint density at radius 2 is 1.75 bits per heavy atom. The molecule has 24 heavy (non-hydrogen) atoms. The summed E-state index contributed by atoms with van der Waals surface area (Å²) in [5.74, 6) is 2.98. The molecule has 0 radical (unpaired) electrons. The molecule has 3 N–H and O–H groups in total. The summed E-state index contributed by atoms with van der Waals surface area (Å²) in [6.45, 7) is 5.12. The van der Waals surface area contributed by atoms with Crippen LogP contribution in [0.5, 0.6) is 0 Å². The summed E-state index contributed by atoms with van der Waals surface area (Å²) in [6, 6.07) is 0. The highest BCUT2D eigenvalue weighted by Gasteiger charge is 2.62. The first-order valence-electron chi connectivity index (χ1n) is 10.4. The van der Waals surface area contributed by atoms with Crippen molar-refractivity contribution >= 4 is 0 Å². The standard InChI is InChI=1S/C21H36O3/c1-20-9-7-15(23)11-14(20)3-5-16-17-6-4-13(8-10-22)21(17,2)12-18(24)19(16)20/h13-19,22-24H,3-12H2,1-2H3. The molecule has 4 aliphatic carbocycles.